The van der Waals surface area contributed by atoms with Gasteiger partial charge in [-0.05, 0) is 30.4 Å². The molecule has 0 aliphatic heterocycles. The lowest BCUT2D eigenvalue weighted by atomic mass is 10.0. The number of benzene rings is 1. The average Bonchev–Trinajstić information content (AvgIpc) is 3.01. The fourth-order valence-corrected chi connectivity index (χ4v) is 3.73. The van der Waals surface area contributed by atoms with Crippen molar-refractivity contribution < 1.29 is 4.79 Å². The summed E-state index contributed by atoms with van der Waals surface area (Å²) < 4.78 is 0.811. The van der Waals surface area contributed by atoms with Crippen LogP contribution < -0.4 is 10.6 Å². The summed E-state index contributed by atoms with van der Waals surface area (Å²) >= 11 is 2.89. The van der Waals surface area contributed by atoms with Gasteiger partial charge in [0.15, 0.2) is 4.34 Å². The van der Waals surface area contributed by atoms with Gasteiger partial charge in [0.2, 0.25) is 11.0 Å². The number of aromatic nitrogens is 2. The quantitative estimate of drug-likeness (QED) is 0.666. The van der Waals surface area contributed by atoms with E-state index in [4.69, 9.17) is 0 Å². The van der Waals surface area contributed by atoms with Crippen molar-refractivity contribution in [3.05, 3.63) is 35.4 Å². The molecular formula is C17H24N4OS2. The number of hydrogen-bond donors (Lipinski definition) is 2. The van der Waals surface area contributed by atoms with Gasteiger partial charge in [-0.25, -0.2) is 0 Å². The van der Waals surface area contributed by atoms with Crippen molar-refractivity contribution in [2.45, 2.75) is 37.4 Å². The molecule has 0 saturated heterocycles. The molecule has 2 N–H and O–H groups in total. The van der Waals surface area contributed by atoms with Crippen molar-refractivity contribution in [1.82, 2.24) is 15.5 Å². The molecule has 7 heteroatoms. The van der Waals surface area contributed by atoms with Crippen LogP contribution in [0.1, 0.15) is 37.8 Å². The summed E-state index contributed by atoms with van der Waals surface area (Å²) in [6, 6.07) is 8.60. The minimum Gasteiger partial charge on any atom is -0.360 e. The third kappa shape index (κ3) is 6.13. The van der Waals surface area contributed by atoms with Crippen molar-refractivity contribution in [2.24, 2.45) is 0 Å². The van der Waals surface area contributed by atoms with Gasteiger partial charge < -0.3 is 10.6 Å². The van der Waals surface area contributed by atoms with Crippen LogP contribution in [0.25, 0.3) is 0 Å². The van der Waals surface area contributed by atoms with E-state index in [9.17, 15) is 4.79 Å². The first-order chi connectivity index (χ1) is 11.6. The molecule has 0 aliphatic rings. The Morgan fingerprint density at radius 2 is 2.00 bits per heavy atom. The van der Waals surface area contributed by atoms with E-state index in [0.717, 1.165) is 22.4 Å². The van der Waals surface area contributed by atoms with Crippen LogP contribution in [0.15, 0.2) is 28.6 Å². The van der Waals surface area contributed by atoms with Gasteiger partial charge in [-0.3, -0.25) is 4.79 Å². The van der Waals surface area contributed by atoms with Gasteiger partial charge in [-0.2, -0.15) is 0 Å². The summed E-state index contributed by atoms with van der Waals surface area (Å²) in [7, 11) is 0. The number of carbonyl (C=O) groups is 1. The van der Waals surface area contributed by atoms with E-state index in [1.54, 1.807) is 0 Å². The van der Waals surface area contributed by atoms with Gasteiger partial charge in [0.05, 0.1) is 5.75 Å². The molecule has 0 bridgehead atoms. The van der Waals surface area contributed by atoms with E-state index in [-0.39, 0.29) is 5.91 Å². The predicted octanol–water partition coefficient (Wildman–Crippen LogP) is 3.54. The minimum absolute atomic E-state index is 0.0269. The van der Waals surface area contributed by atoms with Crippen molar-refractivity contribution in [3.63, 3.8) is 0 Å². The van der Waals surface area contributed by atoms with Crippen LogP contribution in [-0.2, 0) is 11.2 Å². The molecule has 0 unspecified atom stereocenters. The second-order valence-corrected chi connectivity index (χ2v) is 7.89. The number of nitrogens with zero attached hydrogens (tertiary/aromatic N) is 2. The summed E-state index contributed by atoms with van der Waals surface area (Å²) in [5.41, 5.74) is 2.58. The van der Waals surface area contributed by atoms with E-state index in [2.05, 4.69) is 58.9 Å². The topological polar surface area (TPSA) is 66.9 Å². The van der Waals surface area contributed by atoms with Gasteiger partial charge in [0.1, 0.15) is 0 Å². The van der Waals surface area contributed by atoms with Crippen molar-refractivity contribution in [2.75, 3.05) is 24.2 Å². The zero-order valence-corrected chi connectivity index (χ0v) is 16.0. The van der Waals surface area contributed by atoms with Crippen LogP contribution in [0, 0.1) is 0 Å². The van der Waals surface area contributed by atoms with Crippen LogP contribution >= 0.6 is 23.1 Å². The van der Waals surface area contributed by atoms with Gasteiger partial charge in [0, 0.05) is 13.1 Å². The fourth-order valence-electron chi connectivity index (χ4n) is 2.08. The molecule has 1 amide bonds. The Bertz CT molecular complexity index is 640. The largest absolute Gasteiger partial charge is 0.360 e. The Labute approximate surface area is 151 Å². The molecule has 0 aliphatic carbocycles. The van der Waals surface area contributed by atoms with Crippen LogP contribution in [0.4, 0.5) is 5.13 Å². The summed E-state index contributed by atoms with van der Waals surface area (Å²) in [5, 5.41) is 14.9. The second kappa shape index (κ2) is 9.64. The molecule has 5 nitrogen and oxygen atoms in total. The molecule has 2 aromatic rings. The molecule has 24 heavy (non-hydrogen) atoms. The zero-order valence-electron chi connectivity index (χ0n) is 14.3. The van der Waals surface area contributed by atoms with Gasteiger partial charge >= 0.3 is 0 Å². The Morgan fingerprint density at radius 1 is 1.25 bits per heavy atom. The molecule has 0 saturated carbocycles. The molecule has 130 valence electrons. The molecule has 0 fully saturated rings. The Kier molecular flexibility index (Phi) is 7.52. The van der Waals surface area contributed by atoms with E-state index < -0.39 is 0 Å². The first kappa shape index (κ1) is 18.7. The van der Waals surface area contributed by atoms with Gasteiger partial charge in [0.25, 0.3) is 0 Å². The van der Waals surface area contributed by atoms with Crippen LogP contribution in [0.5, 0.6) is 0 Å². The number of nitrogens with one attached hydrogen (secondary N) is 2. The van der Waals surface area contributed by atoms with Gasteiger partial charge in [-0.1, -0.05) is 61.2 Å². The Morgan fingerprint density at radius 3 is 2.67 bits per heavy atom. The van der Waals surface area contributed by atoms with E-state index >= 15 is 0 Å². The summed E-state index contributed by atoms with van der Waals surface area (Å²) in [6.45, 7) is 7.85. The third-order valence-electron chi connectivity index (χ3n) is 3.44. The number of anilines is 1. The molecule has 0 radical (unpaired) electrons. The molecule has 1 aromatic heterocycles. The number of carbonyl (C=O) groups excluding carboxylic acids is 1. The SMILES string of the molecule is CCNc1nnc(SCC(=O)NCCc2ccc(C(C)C)cc2)s1. The standard InChI is InChI=1S/C17H24N4OS2/c1-4-18-16-20-21-17(24-16)23-11-15(22)19-10-9-13-5-7-14(8-6-13)12(2)3/h5-8,12H,4,9-11H2,1-3H3,(H,18,20)(H,19,22). The molecule has 1 heterocycles. The first-order valence-corrected chi connectivity index (χ1v) is 9.94. The highest BCUT2D eigenvalue weighted by atomic mass is 32.2. The van der Waals surface area contributed by atoms with Crippen molar-refractivity contribution in [3.8, 4) is 0 Å². The first-order valence-electron chi connectivity index (χ1n) is 8.14. The smallest absolute Gasteiger partial charge is 0.230 e. The lowest BCUT2D eigenvalue weighted by Crippen LogP contribution is -2.27. The third-order valence-corrected chi connectivity index (χ3v) is 5.46. The summed E-state index contributed by atoms with van der Waals surface area (Å²) in [4.78, 5) is 11.9. The van der Waals surface area contributed by atoms with E-state index in [1.165, 1.54) is 34.2 Å². The minimum atomic E-state index is 0.0269. The monoisotopic (exact) mass is 364 g/mol. The van der Waals surface area contributed by atoms with Crippen molar-refractivity contribution >= 4 is 34.1 Å². The highest BCUT2D eigenvalue weighted by Crippen LogP contribution is 2.24. The molecule has 0 atom stereocenters. The molecular weight excluding hydrogens is 340 g/mol. The number of thioether (sulfide) groups is 1. The van der Waals surface area contributed by atoms with E-state index in [0.29, 0.717) is 18.2 Å². The second-order valence-electron chi connectivity index (χ2n) is 5.69. The lowest BCUT2D eigenvalue weighted by Gasteiger charge is -2.07. The van der Waals surface area contributed by atoms with Crippen LogP contribution in [0.2, 0.25) is 0 Å². The fraction of sp³-hybridized carbons (Fsp3) is 0.471. The summed E-state index contributed by atoms with van der Waals surface area (Å²) in [6.07, 6.45) is 0.845. The maximum atomic E-state index is 11.9. The highest BCUT2D eigenvalue weighted by Gasteiger charge is 2.07. The summed E-state index contributed by atoms with van der Waals surface area (Å²) in [5.74, 6) is 0.940. The van der Waals surface area contributed by atoms with Crippen LogP contribution in [-0.4, -0.2) is 34.9 Å². The maximum absolute atomic E-state index is 11.9. The molecule has 1 aromatic carbocycles. The lowest BCUT2D eigenvalue weighted by molar-refractivity contribution is -0.118. The Hall–Kier alpha value is -1.60. The molecule has 0 spiro atoms. The van der Waals surface area contributed by atoms with E-state index in [1.807, 2.05) is 6.92 Å². The number of amides is 1. The zero-order chi connectivity index (χ0) is 17.4. The Balaban J connectivity index is 1.67. The van der Waals surface area contributed by atoms with Gasteiger partial charge in [-0.15, -0.1) is 10.2 Å². The predicted molar refractivity (Wildman–Crippen MR) is 102 cm³/mol. The normalized spacial score (nSPS) is 10.8. The number of hydrogen-bond acceptors (Lipinski definition) is 6. The maximum Gasteiger partial charge on any atom is 0.230 e. The highest BCUT2D eigenvalue weighted by molar-refractivity contribution is 8.01. The van der Waals surface area contributed by atoms with Crippen molar-refractivity contribution in [1.29, 1.82) is 0 Å². The average molecular weight is 365 g/mol. The molecule has 2 rings (SSSR count). The van der Waals surface area contributed by atoms with Crippen LogP contribution in [0.3, 0.4) is 0 Å². The number of rotatable bonds is 9.